The lowest BCUT2D eigenvalue weighted by atomic mass is 10.0. The van der Waals surface area contributed by atoms with Crippen molar-refractivity contribution in [2.24, 2.45) is 0 Å². The summed E-state index contributed by atoms with van der Waals surface area (Å²) in [6.07, 6.45) is 11.4. The van der Waals surface area contributed by atoms with Gasteiger partial charge < -0.3 is 9.47 Å². The Bertz CT molecular complexity index is 973. The zero-order chi connectivity index (χ0) is 24.0. The molecule has 0 heterocycles. The van der Waals surface area contributed by atoms with Crippen LogP contribution >= 0.6 is 0 Å². The lowest BCUT2D eigenvalue weighted by Gasteiger charge is -2.09. The molecule has 0 aliphatic heterocycles. The first-order valence-electron chi connectivity index (χ1n) is 12.8. The van der Waals surface area contributed by atoms with Crippen LogP contribution in [0.15, 0.2) is 72.8 Å². The van der Waals surface area contributed by atoms with Gasteiger partial charge in [0, 0.05) is 0 Å². The quantitative estimate of drug-likeness (QED) is 0.138. The Morgan fingerprint density at radius 2 is 1.15 bits per heavy atom. The summed E-state index contributed by atoms with van der Waals surface area (Å²) < 4.78 is 11.4. The molecule has 0 aromatic heterocycles. The van der Waals surface area contributed by atoms with Gasteiger partial charge in [-0.25, -0.2) is 4.79 Å². The Kier molecular flexibility index (Phi) is 10.7. The molecule has 0 unspecified atom stereocenters. The molecule has 3 aromatic carbocycles. The van der Waals surface area contributed by atoms with Crippen LogP contribution in [-0.2, 0) is 6.42 Å². The highest BCUT2D eigenvalue weighted by atomic mass is 16.5. The summed E-state index contributed by atoms with van der Waals surface area (Å²) in [6, 6.07) is 23.3. The highest BCUT2D eigenvalue weighted by Crippen LogP contribution is 2.24. The van der Waals surface area contributed by atoms with Crippen LogP contribution in [-0.4, -0.2) is 12.6 Å². The first kappa shape index (κ1) is 25.6. The molecule has 3 heteroatoms. The van der Waals surface area contributed by atoms with Crippen LogP contribution in [0.4, 0.5) is 0 Å². The monoisotopic (exact) mass is 458 g/mol. The van der Waals surface area contributed by atoms with Gasteiger partial charge in [0.25, 0.3) is 0 Å². The molecule has 0 spiro atoms. The van der Waals surface area contributed by atoms with Crippen LogP contribution in [0.25, 0.3) is 11.1 Å². The third kappa shape index (κ3) is 8.37. The summed E-state index contributed by atoms with van der Waals surface area (Å²) in [5.74, 6) is 1.12. The number of ether oxygens (including phenoxy) is 2. The van der Waals surface area contributed by atoms with E-state index in [4.69, 9.17) is 9.47 Å². The minimum atomic E-state index is -0.347. The van der Waals surface area contributed by atoms with Crippen molar-refractivity contribution >= 4 is 5.97 Å². The van der Waals surface area contributed by atoms with Crippen molar-refractivity contribution in [2.75, 3.05) is 6.61 Å². The molecule has 0 fully saturated rings. The van der Waals surface area contributed by atoms with Crippen molar-refractivity contribution in [3.05, 3.63) is 83.9 Å². The van der Waals surface area contributed by atoms with E-state index in [1.165, 1.54) is 50.5 Å². The van der Waals surface area contributed by atoms with Crippen LogP contribution in [0, 0.1) is 0 Å². The molecular weight excluding hydrogens is 420 g/mol. The second kappa shape index (κ2) is 14.2. The predicted molar refractivity (Wildman–Crippen MR) is 141 cm³/mol. The Morgan fingerprint density at radius 1 is 0.618 bits per heavy atom. The first-order valence-corrected chi connectivity index (χ1v) is 12.8. The third-order valence-electron chi connectivity index (χ3n) is 6.12. The fourth-order valence-electron chi connectivity index (χ4n) is 3.93. The lowest BCUT2D eigenvalue weighted by Crippen LogP contribution is -2.08. The van der Waals surface area contributed by atoms with Gasteiger partial charge in [0.05, 0.1) is 12.2 Å². The van der Waals surface area contributed by atoms with E-state index in [0.29, 0.717) is 11.3 Å². The van der Waals surface area contributed by atoms with E-state index >= 15 is 0 Å². The van der Waals surface area contributed by atoms with Gasteiger partial charge in [-0.05, 0) is 65.9 Å². The zero-order valence-electron chi connectivity index (χ0n) is 20.7. The number of unbranched alkanes of at least 4 members (excludes halogenated alkanes) is 7. The number of rotatable bonds is 14. The SMILES string of the molecule is CCCCCCCCCCOc1ccc(-c2ccc(C(=O)Oc3ccc(CC)cc3)cc2)cc1. The molecule has 0 aliphatic carbocycles. The normalized spacial score (nSPS) is 10.8. The molecule has 0 bridgehead atoms. The van der Waals surface area contributed by atoms with E-state index in [0.717, 1.165) is 36.3 Å². The molecule has 0 radical (unpaired) electrons. The minimum absolute atomic E-state index is 0.347. The Labute approximate surface area is 205 Å². The Hall–Kier alpha value is -3.07. The van der Waals surface area contributed by atoms with Crippen molar-refractivity contribution in [3.63, 3.8) is 0 Å². The maximum atomic E-state index is 12.4. The summed E-state index contributed by atoms with van der Waals surface area (Å²) in [7, 11) is 0. The predicted octanol–water partition coefficient (Wildman–Crippen LogP) is 8.65. The number of aryl methyl sites for hydroxylation is 1. The van der Waals surface area contributed by atoms with E-state index in [2.05, 4.69) is 26.0 Å². The second-order valence-electron chi connectivity index (χ2n) is 8.81. The average Bonchev–Trinajstić information content (AvgIpc) is 2.88. The smallest absolute Gasteiger partial charge is 0.343 e. The minimum Gasteiger partial charge on any atom is -0.494 e. The highest BCUT2D eigenvalue weighted by molar-refractivity contribution is 5.91. The number of carbonyl (C=O) groups excluding carboxylic acids is 1. The summed E-state index contributed by atoms with van der Waals surface area (Å²) in [4.78, 5) is 12.4. The maximum Gasteiger partial charge on any atom is 0.343 e. The van der Waals surface area contributed by atoms with Gasteiger partial charge >= 0.3 is 5.97 Å². The molecule has 3 rings (SSSR count). The van der Waals surface area contributed by atoms with Gasteiger partial charge in [-0.3, -0.25) is 0 Å². The summed E-state index contributed by atoms with van der Waals surface area (Å²) in [5, 5.41) is 0. The van der Waals surface area contributed by atoms with Crippen LogP contribution in [0.5, 0.6) is 11.5 Å². The van der Waals surface area contributed by atoms with Gasteiger partial charge in [-0.1, -0.05) is 95.2 Å². The molecule has 0 aliphatic rings. The van der Waals surface area contributed by atoms with Crippen LogP contribution in [0.3, 0.4) is 0 Å². The van der Waals surface area contributed by atoms with Crippen molar-refractivity contribution in [2.45, 2.75) is 71.6 Å². The van der Waals surface area contributed by atoms with Crippen LogP contribution in [0.1, 0.15) is 81.1 Å². The van der Waals surface area contributed by atoms with Crippen molar-refractivity contribution < 1.29 is 14.3 Å². The highest BCUT2D eigenvalue weighted by Gasteiger charge is 2.09. The lowest BCUT2D eigenvalue weighted by molar-refractivity contribution is 0.0734. The number of benzene rings is 3. The van der Waals surface area contributed by atoms with E-state index < -0.39 is 0 Å². The number of carbonyl (C=O) groups is 1. The second-order valence-corrected chi connectivity index (χ2v) is 8.81. The molecular formula is C31H38O3. The summed E-state index contributed by atoms with van der Waals surface area (Å²) in [6.45, 7) is 5.13. The fourth-order valence-corrected chi connectivity index (χ4v) is 3.93. The topological polar surface area (TPSA) is 35.5 Å². The molecule has 0 saturated carbocycles. The zero-order valence-corrected chi connectivity index (χ0v) is 20.7. The number of hydrogen-bond donors (Lipinski definition) is 0. The van der Waals surface area contributed by atoms with Crippen molar-refractivity contribution in [1.82, 2.24) is 0 Å². The molecule has 34 heavy (non-hydrogen) atoms. The van der Waals surface area contributed by atoms with Crippen molar-refractivity contribution in [1.29, 1.82) is 0 Å². The van der Waals surface area contributed by atoms with Gasteiger partial charge in [0.15, 0.2) is 0 Å². The van der Waals surface area contributed by atoms with E-state index in [-0.39, 0.29) is 5.97 Å². The molecule has 3 nitrogen and oxygen atoms in total. The maximum absolute atomic E-state index is 12.4. The molecule has 180 valence electrons. The molecule has 0 atom stereocenters. The molecule has 3 aromatic rings. The standard InChI is InChI=1S/C31H38O3/c1-3-5-6-7-8-9-10-11-24-33-29-22-18-27(19-23-29)26-14-16-28(17-15-26)31(32)34-30-20-12-25(4-2)13-21-30/h12-23H,3-11,24H2,1-2H3. The number of hydrogen-bond acceptors (Lipinski definition) is 3. The van der Waals surface area contributed by atoms with E-state index in [9.17, 15) is 4.79 Å². The third-order valence-corrected chi connectivity index (χ3v) is 6.12. The fraction of sp³-hybridized carbons (Fsp3) is 0.387. The largest absolute Gasteiger partial charge is 0.494 e. The Balaban J connectivity index is 1.42. The van der Waals surface area contributed by atoms with E-state index in [1.807, 2.05) is 60.7 Å². The van der Waals surface area contributed by atoms with Gasteiger partial charge in [-0.15, -0.1) is 0 Å². The van der Waals surface area contributed by atoms with Crippen molar-refractivity contribution in [3.8, 4) is 22.6 Å². The van der Waals surface area contributed by atoms with Crippen LogP contribution < -0.4 is 9.47 Å². The Morgan fingerprint density at radius 3 is 1.74 bits per heavy atom. The molecule has 0 saturated heterocycles. The average molecular weight is 459 g/mol. The van der Waals surface area contributed by atoms with E-state index in [1.54, 1.807) is 0 Å². The van der Waals surface area contributed by atoms with Gasteiger partial charge in [0.2, 0.25) is 0 Å². The molecule has 0 N–H and O–H groups in total. The summed E-state index contributed by atoms with van der Waals surface area (Å²) >= 11 is 0. The number of esters is 1. The van der Waals surface area contributed by atoms with Gasteiger partial charge in [-0.2, -0.15) is 0 Å². The molecule has 0 amide bonds. The first-order chi connectivity index (χ1) is 16.7. The van der Waals surface area contributed by atoms with Gasteiger partial charge in [0.1, 0.15) is 11.5 Å². The summed E-state index contributed by atoms with van der Waals surface area (Å²) in [5.41, 5.74) is 3.90. The van der Waals surface area contributed by atoms with Crippen LogP contribution in [0.2, 0.25) is 0 Å².